The van der Waals surface area contributed by atoms with Gasteiger partial charge in [-0.1, -0.05) is 23.7 Å². The summed E-state index contributed by atoms with van der Waals surface area (Å²) in [4.78, 5) is 17.2. The highest BCUT2D eigenvalue weighted by Crippen LogP contribution is 2.32. The van der Waals surface area contributed by atoms with Crippen molar-refractivity contribution in [2.24, 2.45) is 0 Å². The van der Waals surface area contributed by atoms with E-state index in [-0.39, 0.29) is 5.69 Å². The Morgan fingerprint density at radius 3 is 2.56 bits per heavy atom. The molecule has 0 unspecified atom stereocenters. The van der Waals surface area contributed by atoms with Gasteiger partial charge in [0.05, 0.1) is 12.8 Å². The largest absolute Gasteiger partial charge is 0.497 e. The molecule has 0 fully saturated rings. The summed E-state index contributed by atoms with van der Waals surface area (Å²) in [6, 6.07) is 15.3. The van der Waals surface area contributed by atoms with Crippen LogP contribution in [0, 0.1) is 0 Å². The summed E-state index contributed by atoms with van der Waals surface area (Å²) in [6.45, 7) is 0. The van der Waals surface area contributed by atoms with E-state index in [1.807, 2.05) is 48.5 Å². The number of nitrogens with zero attached hydrogens (tertiary/aromatic N) is 2. The Hall–Kier alpha value is -2.24. The number of rotatable bonds is 5. The van der Waals surface area contributed by atoms with E-state index in [2.05, 4.69) is 4.98 Å². The van der Waals surface area contributed by atoms with Crippen LogP contribution in [0.4, 0.5) is 0 Å². The highest BCUT2D eigenvalue weighted by atomic mass is 35.5. The van der Waals surface area contributed by atoms with Crippen molar-refractivity contribution in [2.75, 3.05) is 7.11 Å². The van der Waals surface area contributed by atoms with Crippen molar-refractivity contribution in [1.29, 1.82) is 0 Å². The van der Waals surface area contributed by atoms with Crippen molar-refractivity contribution >= 4 is 23.4 Å². The van der Waals surface area contributed by atoms with Crippen LogP contribution < -0.4 is 10.4 Å². The van der Waals surface area contributed by atoms with Crippen molar-refractivity contribution in [3.05, 3.63) is 80.9 Å². The fraction of sp³-hybridized carbons (Fsp3) is 0.238. The molecule has 0 N–H and O–H groups in total. The normalized spacial score (nSPS) is 12.8. The van der Waals surface area contributed by atoms with Crippen molar-refractivity contribution in [3.8, 4) is 11.4 Å². The fourth-order valence-corrected chi connectivity index (χ4v) is 4.53. The van der Waals surface area contributed by atoms with Gasteiger partial charge < -0.3 is 4.74 Å². The zero-order valence-corrected chi connectivity index (χ0v) is 16.5. The first-order chi connectivity index (χ1) is 13.2. The second-order valence-electron chi connectivity index (χ2n) is 6.43. The number of hydrogen-bond donors (Lipinski definition) is 0. The molecule has 0 aliphatic heterocycles. The first-order valence-corrected chi connectivity index (χ1v) is 10.2. The van der Waals surface area contributed by atoms with E-state index in [0.717, 1.165) is 57.8 Å². The van der Waals surface area contributed by atoms with Gasteiger partial charge in [-0.3, -0.25) is 4.57 Å². The van der Waals surface area contributed by atoms with Gasteiger partial charge in [0.2, 0.25) is 0 Å². The molecule has 0 amide bonds. The van der Waals surface area contributed by atoms with Gasteiger partial charge >= 0.3 is 5.69 Å². The number of halogens is 1. The van der Waals surface area contributed by atoms with E-state index in [0.29, 0.717) is 0 Å². The minimum Gasteiger partial charge on any atom is -0.497 e. The molecule has 0 radical (unpaired) electrons. The summed E-state index contributed by atoms with van der Waals surface area (Å²) < 4.78 is 6.96. The minimum absolute atomic E-state index is 0.223. The minimum atomic E-state index is -0.223. The molecule has 2 aromatic carbocycles. The third kappa shape index (κ3) is 3.75. The average Bonchev–Trinajstić information content (AvgIpc) is 3.17. The average molecular weight is 399 g/mol. The number of benzene rings is 2. The Labute approximate surface area is 167 Å². The Bertz CT molecular complexity index is 1010. The zero-order chi connectivity index (χ0) is 18.8. The first kappa shape index (κ1) is 18.1. The molecule has 1 aliphatic carbocycles. The first-order valence-electron chi connectivity index (χ1n) is 8.82. The number of fused-ring (bicyclic) bond motifs is 1. The van der Waals surface area contributed by atoms with Gasteiger partial charge in [0.1, 0.15) is 10.8 Å². The monoisotopic (exact) mass is 398 g/mol. The maximum Gasteiger partial charge on any atom is 0.353 e. The lowest BCUT2D eigenvalue weighted by Crippen LogP contribution is -2.25. The zero-order valence-electron chi connectivity index (χ0n) is 14.9. The Morgan fingerprint density at radius 2 is 1.85 bits per heavy atom. The molecule has 0 saturated carbocycles. The van der Waals surface area contributed by atoms with Crippen LogP contribution in [0.2, 0.25) is 5.02 Å². The topological polar surface area (TPSA) is 44.1 Å². The molecule has 6 heteroatoms. The van der Waals surface area contributed by atoms with E-state index in [1.165, 1.54) is 5.56 Å². The summed E-state index contributed by atoms with van der Waals surface area (Å²) in [5.74, 6) is 1.54. The second kappa shape index (κ2) is 7.79. The number of hydrogen-bond acceptors (Lipinski definition) is 4. The molecule has 4 rings (SSSR count). The van der Waals surface area contributed by atoms with Gasteiger partial charge in [0, 0.05) is 22.0 Å². The van der Waals surface area contributed by atoms with Crippen LogP contribution in [0.25, 0.3) is 5.69 Å². The Morgan fingerprint density at radius 1 is 1.11 bits per heavy atom. The smallest absolute Gasteiger partial charge is 0.353 e. The summed E-state index contributed by atoms with van der Waals surface area (Å²) in [6.07, 6.45) is 2.90. The van der Waals surface area contributed by atoms with Gasteiger partial charge in [0.15, 0.2) is 0 Å². The summed E-state index contributed by atoms with van der Waals surface area (Å²) in [7, 11) is 1.63. The standard InChI is InChI=1S/C21H19ClN2O2S/c1-26-17-11-9-16(10-12-17)24-19-4-2-3-18(19)20(23-21(24)25)27-13-14-5-7-15(22)8-6-14/h5-12H,2-4,13H2,1H3. The van der Waals surface area contributed by atoms with E-state index >= 15 is 0 Å². The van der Waals surface area contributed by atoms with E-state index in [9.17, 15) is 4.79 Å². The molecule has 3 aromatic rings. The van der Waals surface area contributed by atoms with Crippen LogP contribution in [0.1, 0.15) is 23.2 Å². The number of ether oxygens (including phenoxy) is 1. The molecule has 138 valence electrons. The molecule has 1 aromatic heterocycles. The lowest BCUT2D eigenvalue weighted by atomic mass is 10.2. The molecular weight excluding hydrogens is 380 g/mol. The molecule has 1 aliphatic rings. The SMILES string of the molecule is COc1ccc(-n2c3c(c(SCc4ccc(Cl)cc4)nc2=O)CCC3)cc1. The fourth-order valence-electron chi connectivity index (χ4n) is 3.37. The van der Waals surface area contributed by atoms with Gasteiger partial charge in [-0.25, -0.2) is 4.79 Å². The maximum atomic E-state index is 12.8. The van der Waals surface area contributed by atoms with Crippen molar-refractivity contribution in [3.63, 3.8) is 0 Å². The van der Waals surface area contributed by atoms with Crippen molar-refractivity contribution < 1.29 is 4.74 Å². The van der Waals surface area contributed by atoms with Crippen LogP contribution in [-0.2, 0) is 18.6 Å². The molecule has 0 saturated heterocycles. The van der Waals surface area contributed by atoms with Crippen LogP contribution in [0.15, 0.2) is 58.4 Å². The third-order valence-electron chi connectivity index (χ3n) is 4.72. The molecule has 0 atom stereocenters. The second-order valence-corrected chi connectivity index (χ2v) is 7.83. The Balaban J connectivity index is 1.67. The van der Waals surface area contributed by atoms with Crippen molar-refractivity contribution in [1.82, 2.24) is 9.55 Å². The van der Waals surface area contributed by atoms with Crippen LogP contribution in [0.3, 0.4) is 0 Å². The lowest BCUT2D eigenvalue weighted by molar-refractivity contribution is 0.414. The van der Waals surface area contributed by atoms with Gasteiger partial charge in [-0.15, -0.1) is 11.8 Å². The number of aromatic nitrogens is 2. The Kier molecular flexibility index (Phi) is 5.23. The summed E-state index contributed by atoms with van der Waals surface area (Å²) in [5, 5.41) is 1.58. The quantitative estimate of drug-likeness (QED) is 0.462. The summed E-state index contributed by atoms with van der Waals surface area (Å²) in [5.41, 5.74) is 4.06. The molecule has 27 heavy (non-hydrogen) atoms. The predicted molar refractivity (Wildman–Crippen MR) is 109 cm³/mol. The molecule has 0 bridgehead atoms. The van der Waals surface area contributed by atoms with Crippen LogP contribution in [-0.4, -0.2) is 16.7 Å². The van der Waals surface area contributed by atoms with Crippen LogP contribution in [0.5, 0.6) is 5.75 Å². The highest BCUT2D eigenvalue weighted by molar-refractivity contribution is 7.98. The molecule has 4 nitrogen and oxygen atoms in total. The maximum absolute atomic E-state index is 12.8. The summed E-state index contributed by atoms with van der Waals surface area (Å²) >= 11 is 7.57. The van der Waals surface area contributed by atoms with E-state index in [1.54, 1.807) is 23.4 Å². The van der Waals surface area contributed by atoms with Crippen molar-refractivity contribution in [2.45, 2.75) is 30.0 Å². The van der Waals surface area contributed by atoms with Crippen LogP contribution >= 0.6 is 23.4 Å². The molecule has 0 spiro atoms. The van der Waals surface area contributed by atoms with Gasteiger partial charge in [0.25, 0.3) is 0 Å². The highest BCUT2D eigenvalue weighted by Gasteiger charge is 2.22. The predicted octanol–water partition coefficient (Wildman–Crippen LogP) is 4.68. The lowest BCUT2D eigenvalue weighted by Gasteiger charge is -2.14. The van der Waals surface area contributed by atoms with E-state index < -0.39 is 0 Å². The van der Waals surface area contributed by atoms with Gasteiger partial charge in [-0.05, 0) is 61.2 Å². The van der Waals surface area contributed by atoms with Gasteiger partial charge in [-0.2, -0.15) is 4.98 Å². The number of thioether (sulfide) groups is 1. The molecular formula is C21H19ClN2O2S. The molecule has 1 heterocycles. The third-order valence-corrected chi connectivity index (χ3v) is 6.07. The van der Waals surface area contributed by atoms with E-state index in [4.69, 9.17) is 16.3 Å². The number of methoxy groups -OCH3 is 1.